The fourth-order valence-corrected chi connectivity index (χ4v) is 4.43. The minimum absolute atomic E-state index is 0.360. The molecule has 0 aliphatic heterocycles. The molecule has 0 atom stereocenters. The van der Waals surface area contributed by atoms with Gasteiger partial charge in [-0.3, -0.25) is 0 Å². The van der Waals surface area contributed by atoms with Gasteiger partial charge < -0.3 is 0 Å². The van der Waals surface area contributed by atoms with Crippen LogP contribution in [0.3, 0.4) is 0 Å². The highest BCUT2D eigenvalue weighted by molar-refractivity contribution is 5.73. The summed E-state index contributed by atoms with van der Waals surface area (Å²) in [7, 11) is 0. The van der Waals surface area contributed by atoms with Crippen LogP contribution in [0.1, 0.15) is 11.1 Å². The molecule has 0 aliphatic carbocycles. The Morgan fingerprint density at radius 3 is 1.00 bits per heavy atom. The van der Waals surface area contributed by atoms with Gasteiger partial charge >= 0.3 is 0 Å². The predicted octanol–water partition coefficient (Wildman–Crippen LogP) is 9.38. The molecular formula is C29H7F16N3. The Morgan fingerprint density at radius 1 is 0.312 bits per heavy atom. The highest BCUT2D eigenvalue weighted by Gasteiger charge is 2.34. The van der Waals surface area contributed by atoms with Crippen molar-refractivity contribution in [3.63, 3.8) is 0 Å². The molecule has 19 heteroatoms. The van der Waals surface area contributed by atoms with Gasteiger partial charge in [0.1, 0.15) is 17.5 Å². The zero-order valence-electron chi connectivity index (χ0n) is 23.0. The SMILES string of the molecule is Cc1c(F)c(F)c(F)c(-c2nc(-c3c(F)cc(-c4c(F)c(F)c(F)c(F)c4F)c(F)c3F)nc(-c3c(F)c(C)c(F)c(F)c3F)n2)c1F. The van der Waals surface area contributed by atoms with Crippen LogP contribution in [0.4, 0.5) is 70.2 Å². The average molecular weight is 701 g/mol. The molecule has 0 fully saturated rings. The largest absolute Gasteiger partial charge is 0.208 e. The molecule has 5 rings (SSSR count). The molecule has 1 aromatic heterocycles. The van der Waals surface area contributed by atoms with Crippen molar-refractivity contribution < 1.29 is 70.2 Å². The highest BCUT2D eigenvalue weighted by Crippen LogP contribution is 2.40. The van der Waals surface area contributed by atoms with Crippen LogP contribution < -0.4 is 0 Å². The van der Waals surface area contributed by atoms with Crippen LogP contribution in [-0.2, 0) is 0 Å². The van der Waals surface area contributed by atoms with Gasteiger partial charge in [0, 0.05) is 16.7 Å². The van der Waals surface area contributed by atoms with Crippen LogP contribution in [0.2, 0.25) is 0 Å². The maximum absolute atomic E-state index is 15.4. The number of hydrogen-bond acceptors (Lipinski definition) is 3. The van der Waals surface area contributed by atoms with Gasteiger partial charge in [0.2, 0.25) is 5.82 Å². The van der Waals surface area contributed by atoms with E-state index < -0.39 is 149 Å². The summed E-state index contributed by atoms with van der Waals surface area (Å²) in [6.07, 6.45) is 0. The molecule has 0 unspecified atom stereocenters. The van der Waals surface area contributed by atoms with E-state index in [-0.39, 0.29) is 6.07 Å². The number of halogens is 16. The molecule has 0 saturated heterocycles. The van der Waals surface area contributed by atoms with Crippen molar-refractivity contribution >= 4 is 0 Å². The fourth-order valence-electron chi connectivity index (χ4n) is 4.43. The lowest BCUT2D eigenvalue weighted by atomic mass is 9.99. The third-order valence-corrected chi connectivity index (χ3v) is 6.91. The normalized spacial score (nSPS) is 11.5. The van der Waals surface area contributed by atoms with Crippen LogP contribution in [0.25, 0.3) is 45.3 Å². The van der Waals surface area contributed by atoms with Crippen molar-refractivity contribution in [1.29, 1.82) is 0 Å². The summed E-state index contributed by atoms with van der Waals surface area (Å²) in [5.41, 5.74) is -12.2. The van der Waals surface area contributed by atoms with Crippen molar-refractivity contribution in [2.45, 2.75) is 13.8 Å². The second-order valence-corrected chi connectivity index (χ2v) is 9.67. The zero-order valence-corrected chi connectivity index (χ0v) is 23.0. The van der Waals surface area contributed by atoms with Crippen molar-refractivity contribution in [3.8, 4) is 45.3 Å². The Labute approximate surface area is 255 Å². The van der Waals surface area contributed by atoms with Crippen LogP contribution >= 0.6 is 0 Å². The van der Waals surface area contributed by atoms with Gasteiger partial charge in [0.25, 0.3) is 0 Å². The van der Waals surface area contributed by atoms with Crippen molar-refractivity contribution in [2.24, 2.45) is 0 Å². The van der Waals surface area contributed by atoms with Crippen molar-refractivity contribution in [1.82, 2.24) is 15.0 Å². The van der Waals surface area contributed by atoms with E-state index in [0.29, 0.717) is 13.8 Å². The van der Waals surface area contributed by atoms with Crippen LogP contribution in [0.5, 0.6) is 0 Å². The monoisotopic (exact) mass is 701 g/mol. The molecule has 0 saturated carbocycles. The molecule has 0 amide bonds. The summed E-state index contributed by atoms with van der Waals surface area (Å²) >= 11 is 0. The highest BCUT2D eigenvalue weighted by atomic mass is 19.2. The summed E-state index contributed by atoms with van der Waals surface area (Å²) in [5, 5.41) is 0. The van der Waals surface area contributed by atoms with Crippen LogP contribution in [0, 0.1) is 107 Å². The quantitative estimate of drug-likeness (QED) is 0.107. The topological polar surface area (TPSA) is 38.7 Å². The first-order chi connectivity index (χ1) is 22.3. The van der Waals surface area contributed by atoms with Crippen LogP contribution in [0.15, 0.2) is 6.07 Å². The second-order valence-electron chi connectivity index (χ2n) is 9.67. The number of nitrogens with zero attached hydrogens (tertiary/aromatic N) is 3. The molecule has 0 bridgehead atoms. The lowest BCUT2D eigenvalue weighted by molar-refractivity contribution is 0.380. The first-order valence-electron chi connectivity index (χ1n) is 12.4. The Kier molecular flexibility index (Phi) is 8.37. The minimum Gasteiger partial charge on any atom is -0.208 e. The smallest absolute Gasteiger partial charge is 0.200 e. The third kappa shape index (κ3) is 4.90. The summed E-state index contributed by atoms with van der Waals surface area (Å²) in [6.45, 7) is 1.09. The lowest BCUT2D eigenvalue weighted by Gasteiger charge is -2.15. The van der Waals surface area contributed by atoms with Crippen molar-refractivity contribution in [2.75, 3.05) is 0 Å². The van der Waals surface area contributed by atoms with Gasteiger partial charge in [-0.15, -0.1) is 0 Å². The summed E-state index contributed by atoms with van der Waals surface area (Å²) < 4.78 is 232. The standard InChI is InChI=1S/C29H7F16N3/c1-4-12(31)10(20(39)22(41)14(4)33)28-46-27(47-29(48-28)11-13(32)5(2)15(34)23(42)21(11)40)9-7(30)3-6(16(35)19(9)38)8-17(36)24(43)26(45)25(44)18(8)37/h3H,1-2H3. The average Bonchev–Trinajstić information content (AvgIpc) is 3.05. The first-order valence-corrected chi connectivity index (χ1v) is 12.4. The van der Waals surface area contributed by atoms with Gasteiger partial charge in [0.15, 0.2) is 87.3 Å². The summed E-state index contributed by atoms with van der Waals surface area (Å²) in [5.74, 6) is -44.0. The number of hydrogen-bond donors (Lipinski definition) is 0. The Balaban J connectivity index is 1.91. The summed E-state index contributed by atoms with van der Waals surface area (Å²) in [4.78, 5) is 9.70. The maximum atomic E-state index is 15.4. The van der Waals surface area contributed by atoms with Crippen LogP contribution in [-0.4, -0.2) is 15.0 Å². The fraction of sp³-hybridized carbons (Fsp3) is 0.0690. The molecule has 0 N–H and O–H groups in total. The van der Waals surface area contributed by atoms with E-state index in [1.165, 1.54) is 0 Å². The molecule has 4 aromatic carbocycles. The van der Waals surface area contributed by atoms with Crippen molar-refractivity contribution in [3.05, 3.63) is 110 Å². The van der Waals surface area contributed by atoms with Gasteiger partial charge in [0.05, 0.1) is 22.3 Å². The molecule has 48 heavy (non-hydrogen) atoms. The second kappa shape index (κ2) is 11.8. The molecule has 5 aromatic rings. The Morgan fingerprint density at radius 2 is 0.604 bits per heavy atom. The van der Waals surface area contributed by atoms with Gasteiger partial charge in [-0.25, -0.2) is 85.2 Å². The number of aromatic nitrogens is 3. The van der Waals surface area contributed by atoms with Gasteiger partial charge in [-0.2, -0.15) is 0 Å². The van der Waals surface area contributed by atoms with Gasteiger partial charge in [-0.1, -0.05) is 0 Å². The van der Waals surface area contributed by atoms with E-state index in [4.69, 9.17) is 0 Å². The summed E-state index contributed by atoms with van der Waals surface area (Å²) in [6, 6.07) is -0.360. The Bertz CT molecular complexity index is 2060. The van der Waals surface area contributed by atoms with E-state index in [1.807, 2.05) is 0 Å². The lowest BCUT2D eigenvalue weighted by Crippen LogP contribution is -2.11. The van der Waals surface area contributed by atoms with E-state index in [2.05, 4.69) is 15.0 Å². The third-order valence-electron chi connectivity index (χ3n) is 6.91. The molecule has 0 radical (unpaired) electrons. The zero-order chi connectivity index (χ0) is 35.8. The van der Waals surface area contributed by atoms with E-state index >= 15 is 22.0 Å². The molecule has 1 heterocycles. The molecule has 0 aliphatic rings. The molecular weight excluding hydrogens is 694 g/mol. The molecule has 0 spiro atoms. The maximum Gasteiger partial charge on any atom is 0.200 e. The molecule has 250 valence electrons. The number of rotatable bonds is 4. The Hall–Kier alpha value is -5.23. The van der Waals surface area contributed by atoms with E-state index in [9.17, 15) is 48.3 Å². The minimum atomic E-state index is -2.74. The van der Waals surface area contributed by atoms with E-state index in [1.54, 1.807) is 0 Å². The molecule has 3 nitrogen and oxygen atoms in total. The van der Waals surface area contributed by atoms with Gasteiger partial charge in [-0.05, 0) is 19.9 Å². The number of benzene rings is 4. The van der Waals surface area contributed by atoms with E-state index in [0.717, 1.165) is 0 Å². The first kappa shape index (κ1) is 34.1. The predicted molar refractivity (Wildman–Crippen MR) is 130 cm³/mol.